The zero-order valence-corrected chi connectivity index (χ0v) is 18.6. The third-order valence-corrected chi connectivity index (χ3v) is 5.60. The molecule has 0 amide bonds. The van der Waals surface area contributed by atoms with Crippen LogP contribution in [0, 0.1) is 0 Å². The number of benzene rings is 2. The average Bonchev–Trinajstić information content (AvgIpc) is 2.77. The minimum atomic E-state index is -0.701. The van der Waals surface area contributed by atoms with E-state index in [1.807, 2.05) is 20.8 Å². The molecule has 2 aromatic carbocycles. The second kappa shape index (κ2) is 8.59. The van der Waals surface area contributed by atoms with Gasteiger partial charge in [-0.15, -0.1) is 0 Å². The van der Waals surface area contributed by atoms with E-state index in [0.29, 0.717) is 38.7 Å². The summed E-state index contributed by atoms with van der Waals surface area (Å²) in [7, 11) is 0. The van der Waals surface area contributed by atoms with Crippen molar-refractivity contribution >= 4 is 39.3 Å². The molecule has 7 nitrogen and oxygen atoms in total. The molecule has 0 spiro atoms. The third kappa shape index (κ3) is 3.91. The molecule has 4 rings (SSSR count). The zero-order chi connectivity index (χ0) is 23.0. The predicted molar refractivity (Wildman–Crippen MR) is 122 cm³/mol. The van der Waals surface area contributed by atoms with E-state index < -0.39 is 11.6 Å². The van der Waals surface area contributed by atoms with Crippen LogP contribution in [0.1, 0.15) is 48.4 Å². The van der Waals surface area contributed by atoms with Gasteiger partial charge in [-0.1, -0.05) is 36.7 Å². The number of nitrogens with zero attached hydrogens (tertiary/aromatic N) is 2. The van der Waals surface area contributed by atoms with Crippen molar-refractivity contribution < 1.29 is 13.9 Å². The molecule has 0 unspecified atom stereocenters. The van der Waals surface area contributed by atoms with Crippen molar-refractivity contribution in [2.24, 2.45) is 0 Å². The van der Waals surface area contributed by atoms with Crippen molar-refractivity contribution in [3.8, 4) is 0 Å². The smallest absolute Gasteiger partial charge is 0.359 e. The molecule has 0 aliphatic rings. The van der Waals surface area contributed by atoms with Crippen LogP contribution in [0.15, 0.2) is 56.5 Å². The highest BCUT2D eigenvalue weighted by molar-refractivity contribution is 6.32. The second-order valence-electron chi connectivity index (χ2n) is 7.70. The monoisotopic (exact) mass is 452 g/mol. The van der Waals surface area contributed by atoms with E-state index in [0.717, 1.165) is 5.56 Å². The van der Waals surface area contributed by atoms with Gasteiger partial charge in [-0.25, -0.2) is 14.3 Å². The summed E-state index contributed by atoms with van der Waals surface area (Å²) in [6.07, 6.45) is 0.683. The number of hydrogen-bond donors (Lipinski definition) is 0. The topological polar surface area (TPSA) is 91.4 Å². The van der Waals surface area contributed by atoms with E-state index in [2.05, 4.69) is 5.10 Å². The highest BCUT2D eigenvalue weighted by atomic mass is 35.5. The molecule has 164 valence electrons. The summed E-state index contributed by atoms with van der Waals surface area (Å²) in [6.45, 7) is 5.38. The molecule has 32 heavy (non-hydrogen) atoms. The summed E-state index contributed by atoms with van der Waals surface area (Å²) in [5.74, 6) is -0.701. The molecule has 0 N–H and O–H groups in total. The number of rotatable bonds is 5. The largest absolute Gasteiger partial charge is 0.456 e. The van der Waals surface area contributed by atoms with Crippen LogP contribution in [-0.2, 0) is 17.8 Å². The number of aromatic nitrogens is 2. The van der Waals surface area contributed by atoms with E-state index in [1.165, 1.54) is 10.7 Å². The van der Waals surface area contributed by atoms with Crippen molar-refractivity contribution in [1.29, 1.82) is 0 Å². The van der Waals surface area contributed by atoms with Gasteiger partial charge < -0.3 is 9.15 Å². The molecular formula is C24H21ClN2O5. The van der Waals surface area contributed by atoms with Gasteiger partial charge in [0, 0.05) is 27.4 Å². The third-order valence-electron chi connectivity index (χ3n) is 5.25. The Labute approximate surface area is 188 Å². The number of aryl methyl sites for hydroxylation is 1. The SMILES string of the molecule is CCc1cc2oc(=O)cc(COC(=O)c3nn(C(C)C)c(=O)c4ccccc34)c2cc1Cl. The fourth-order valence-electron chi connectivity index (χ4n) is 3.60. The van der Waals surface area contributed by atoms with Gasteiger partial charge in [-0.05, 0) is 44.0 Å². The number of hydrogen-bond acceptors (Lipinski definition) is 6. The van der Waals surface area contributed by atoms with Gasteiger partial charge in [0.05, 0.1) is 11.4 Å². The summed E-state index contributed by atoms with van der Waals surface area (Å²) in [4.78, 5) is 37.7. The Morgan fingerprint density at radius 2 is 1.81 bits per heavy atom. The first-order valence-electron chi connectivity index (χ1n) is 10.2. The van der Waals surface area contributed by atoms with Gasteiger partial charge in [-0.2, -0.15) is 5.10 Å². The highest BCUT2D eigenvalue weighted by Crippen LogP contribution is 2.27. The molecule has 8 heteroatoms. The molecule has 2 heterocycles. The Kier molecular flexibility index (Phi) is 5.84. The first-order chi connectivity index (χ1) is 15.3. The average molecular weight is 453 g/mol. The summed E-state index contributed by atoms with van der Waals surface area (Å²) in [5.41, 5.74) is 0.901. The Hall–Kier alpha value is -3.45. The molecule has 4 aromatic rings. The van der Waals surface area contributed by atoms with E-state index in [4.69, 9.17) is 20.8 Å². The van der Waals surface area contributed by atoms with Gasteiger partial charge in [0.15, 0.2) is 5.69 Å². The van der Waals surface area contributed by atoms with Gasteiger partial charge >= 0.3 is 11.6 Å². The van der Waals surface area contributed by atoms with E-state index in [-0.39, 0.29) is 23.9 Å². The Bertz CT molecular complexity index is 1470. The lowest BCUT2D eigenvalue weighted by Gasteiger charge is -2.13. The fourth-order valence-corrected chi connectivity index (χ4v) is 3.90. The summed E-state index contributed by atoms with van der Waals surface area (Å²) in [6, 6.07) is 11.2. The number of esters is 1. The van der Waals surface area contributed by atoms with Crippen molar-refractivity contribution in [2.75, 3.05) is 0 Å². The van der Waals surface area contributed by atoms with Crippen LogP contribution in [0.4, 0.5) is 0 Å². The van der Waals surface area contributed by atoms with E-state index in [9.17, 15) is 14.4 Å². The molecule has 0 saturated heterocycles. The zero-order valence-electron chi connectivity index (χ0n) is 17.8. The van der Waals surface area contributed by atoms with E-state index >= 15 is 0 Å². The minimum Gasteiger partial charge on any atom is -0.456 e. The second-order valence-corrected chi connectivity index (χ2v) is 8.10. The summed E-state index contributed by atoms with van der Waals surface area (Å²) >= 11 is 6.33. The van der Waals surface area contributed by atoms with Crippen LogP contribution in [-0.4, -0.2) is 15.7 Å². The van der Waals surface area contributed by atoms with Crippen LogP contribution in [0.3, 0.4) is 0 Å². The highest BCUT2D eigenvalue weighted by Gasteiger charge is 2.20. The molecule has 0 fully saturated rings. The van der Waals surface area contributed by atoms with Gasteiger partial charge in [0.1, 0.15) is 12.2 Å². The van der Waals surface area contributed by atoms with Crippen LogP contribution in [0.2, 0.25) is 5.02 Å². The van der Waals surface area contributed by atoms with E-state index in [1.54, 1.807) is 36.4 Å². The van der Waals surface area contributed by atoms with Crippen molar-refractivity contribution in [1.82, 2.24) is 9.78 Å². The van der Waals surface area contributed by atoms with Crippen LogP contribution >= 0.6 is 11.6 Å². The lowest BCUT2D eigenvalue weighted by Crippen LogP contribution is -2.27. The van der Waals surface area contributed by atoms with Gasteiger partial charge in [0.25, 0.3) is 5.56 Å². The first-order valence-corrected chi connectivity index (χ1v) is 10.6. The molecule has 0 atom stereocenters. The first kappa shape index (κ1) is 21.8. The van der Waals surface area contributed by atoms with Gasteiger partial charge in [0.2, 0.25) is 0 Å². The van der Waals surface area contributed by atoms with Crippen LogP contribution in [0.25, 0.3) is 21.7 Å². The Morgan fingerprint density at radius 3 is 2.50 bits per heavy atom. The molecular weight excluding hydrogens is 432 g/mol. The van der Waals surface area contributed by atoms with Crippen molar-refractivity contribution in [3.05, 3.63) is 85.1 Å². The molecule has 2 aromatic heterocycles. The Balaban J connectivity index is 1.74. The number of ether oxygens (including phenoxy) is 1. The van der Waals surface area contributed by atoms with Crippen LogP contribution < -0.4 is 11.2 Å². The predicted octanol–water partition coefficient (Wildman–Crippen LogP) is 4.66. The van der Waals surface area contributed by atoms with Gasteiger partial charge in [-0.3, -0.25) is 4.79 Å². The lowest BCUT2D eigenvalue weighted by molar-refractivity contribution is 0.0466. The van der Waals surface area contributed by atoms with Crippen molar-refractivity contribution in [2.45, 2.75) is 39.8 Å². The normalized spacial score (nSPS) is 11.4. The maximum atomic E-state index is 13.0. The maximum absolute atomic E-state index is 13.0. The molecule has 0 radical (unpaired) electrons. The summed E-state index contributed by atoms with van der Waals surface area (Å²) < 4.78 is 12.1. The number of halogens is 1. The molecule has 0 aliphatic heterocycles. The molecule has 0 bridgehead atoms. The summed E-state index contributed by atoms with van der Waals surface area (Å²) in [5, 5.41) is 6.18. The quantitative estimate of drug-likeness (QED) is 0.323. The molecule has 0 saturated carbocycles. The standard InChI is InChI=1S/C24H21ClN2O5/c1-4-14-9-20-18(11-19(14)25)15(10-21(28)32-20)12-31-24(30)22-16-7-5-6-8-17(16)23(29)27(26-22)13(2)3/h5-11,13H,4,12H2,1-3H3. The van der Waals surface area contributed by atoms with Crippen molar-refractivity contribution in [3.63, 3.8) is 0 Å². The maximum Gasteiger partial charge on any atom is 0.359 e. The fraction of sp³-hybridized carbons (Fsp3) is 0.250. The minimum absolute atomic E-state index is 0.0347. The molecule has 0 aliphatic carbocycles. The van der Waals surface area contributed by atoms with Crippen LogP contribution in [0.5, 0.6) is 0 Å². The number of fused-ring (bicyclic) bond motifs is 2. The number of carbonyl (C=O) groups is 1. The number of carbonyl (C=O) groups excluding carboxylic acids is 1. The Morgan fingerprint density at radius 1 is 1.09 bits per heavy atom. The lowest BCUT2D eigenvalue weighted by atomic mass is 10.1.